The maximum Gasteiger partial charge on any atom is 0.255 e. The van der Waals surface area contributed by atoms with E-state index < -0.39 is 15.9 Å². The van der Waals surface area contributed by atoms with Gasteiger partial charge in [0.15, 0.2) is 0 Å². The molecule has 0 aliphatic heterocycles. The van der Waals surface area contributed by atoms with Crippen LogP contribution in [0.1, 0.15) is 29.8 Å². The van der Waals surface area contributed by atoms with Gasteiger partial charge in [-0.3, -0.25) is 4.79 Å². The molecule has 0 atom stereocenters. The first-order valence-electron chi connectivity index (χ1n) is 7.92. The molecule has 0 radical (unpaired) electrons. The highest BCUT2D eigenvalue weighted by Gasteiger charge is 2.22. The fraction of sp³-hybridized carbons (Fsp3) is 0.278. The molecule has 0 aliphatic carbocycles. The number of amides is 1. The number of hydrogen-bond acceptors (Lipinski definition) is 4. The molecular weight excluding hydrogens is 376 g/mol. The first-order chi connectivity index (χ1) is 12.2. The van der Waals surface area contributed by atoms with Gasteiger partial charge < -0.3 is 10.1 Å². The molecule has 140 valence electrons. The first kappa shape index (κ1) is 20.2. The molecule has 0 saturated carbocycles. The van der Waals surface area contributed by atoms with Gasteiger partial charge in [0, 0.05) is 22.3 Å². The summed E-state index contributed by atoms with van der Waals surface area (Å²) in [6.45, 7) is 5.21. The average Bonchev–Trinajstić information content (AvgIpc) is 2.57. The van der Waals surface area contributed by atoms with Crippen LogP contribution in [0, 0.1) is 6.92 Å². The van der Waals surface area contributed by atoms with E-state index in [-0.39, 0.29) is 22.3 Å². The van der Waals surface area contributed by atoms with Crippen LogP contribution in [0.2, 0.25) is 5.02 Å². The van der Waals surface area contributed by atoms with Crippen LogP contribution < -0.4 is 14.8 Å². The third-order valence-electron chi connectivity index (χ3n) is 3.62. The molecule has 0 saturated heterocycles. The Morgan fingerprint density at radius 3 is 2.50 bits per heavy atom. The highest BCUT2D eigenvalue weighted by atomic mass is 35.5. The minimum atomic E-state index is -3.82. The second-order valence-electron chi connectivity index (χ2n) is 6.01. The van der Waals surface area contributed by atoms with Crippen LogP contribution in [0.5, 0.6) is 5.75 Å². The summed E-state index contributed by atoms with van der Waals surface area (Å²) in [6, 6.07) is 9.12. The number of sulfonamides is 1. The van der Waals surface area contributed by atoms with Crippen LogP contribution in [0.15, 0.2) is 41.3 Å². The van der Waals surface area contributed by atoms with Crippen molar-refractivity contribution in [1.29, 1.82) is 0 Å². The minimum absolute atomic E-state index is 0.0934. The smallest absolute Gasteiger partial charge is 0.255 e. The van der Waals surface area contributed by atoms with Gasteiger partial charge in [0.1, 0.15) is 10.6 Å². The van der Waals surface area contributed by atoms with Crippen LogP contribution in [-0.4, -0.2) is 27.5 Å². The largest absolute Gasteiger partial charge is 0.495 e. The second kappa shape index (κ2) is 8.07. The Kier molecular flexibility index (Phi) is 6.28. The fourth-order valence-electron chi connectivity index (χ4n) is 2.34. The molecule has 0 aliphatic rings. The van der Waals surface area contributed by atoms with Crippen LogP contribution >= 0.6 is 11.6 Å². The van der Waals surface area contributed by atoms with Crippen LogP contribution in [0.4, 0.5) is 5.69 Å². The average molecular weight is 397 g/mol. The molecule has 2 N–H and O–H groups in total. The molecular formula is C18H21ClN2O4S. The van der Waals surface area contributed by atoms with E-state index in [1.165, 1.54) is 25.3 Å². The van der Waals surface area contributed by atoms with Crippen LogP contribution in [0.3, 0.4) is 0 Å². The maximum atomic E-state index is 12.6. The third-order valence-corrected chi connectivity index (χ3v) is 5.71. The summed E-state index contributed by atoms with van der Waals surface area (Å²) < 4.78 is 32.6. The lowest BCUT2D eigenvalue weighted by atomic mass is 10.1. The Bertz CT molecular complexity index is 927. The van der Waals surface area contributed by atoms with E-state index in [0.717, 1.165) is 5.56 Å². The van der Waals surface area contributed by atoms with Crippen molar-refractivity contribution in [3.8, 4) is 5.75 Å². The van der Waals surface area contributed by atoms with Crippen LogP contribution in [0.25, 0.3) is 0 Å². The first-order valence-corrected chi connectivity index (χ1v) is 9.78. The second-order valence-corrected chi connectivity index (χ2v) is 8.10. The van der Waals surface area contributed by atoms with Crippen LogP contribution in [-0.2, 0) is 10.0 Å². The van der Waals surface area contributed by atoms with Gasteiger partial charge in [-0.1, -0.05) is 17.7 Å². The predicted molar refractivity (Wildman–Crippen MR) is 103 cm³/mol. The number of nitrogens with one attached hydrogen (secondary N) is 2. The standard InChI is InChI=1S/C18H21ClN2O4S/c1-11(2)21-26(23,24)17-10-13(8-9-16(17)25-4)18(22)20-15-7-5-6-14(19)12(15)3/h5-11,21H,1-4H3,(H,20,22). The Balaban J connectivity index is 2.40. The van der Waals surface area contributed by atoms with Crippen molar-refractivity contribution in [2.24, 2.45) is 0 Å². The number of methoxy groups -OCH3 is 1. The molecule has 0 spiro atoms. The summed E-state index contributed by atoms with van der Waals surface area (Å²) in [6.07, 6.45) is 0. The van der Waals surface area contributed by atoms with Crippen molar-refractivity contribution >= 4 is 33.2 Å². The number of hydrogen-bond donors (Lipinski definition) is 2. The van der Waals surface area contributed by atoms with Crippen molar-refractivity contribution in [2.45, 2.75) is 31.7 Å². The van der Waals surface area contributed by atoms with Crippen molar-refractivity contribution in [3.05, 3.63) is 52.5 Å². The van der Waals surface area contributed by atoms with Crippen molar-refractivity contribution in [3.63, 3.8) is 0 Å². The third kappa shape index (κ3) is 4.55. The van der Waals surface area contributed by atoms with Crippen molar-refractivity contribution < 1.29 is 17.9 Å². The maximum absolute atomic E-state index is 12.6. The molecule has 26 heavy (non-hydrogen) atoms. The van der Waals surface area contributed by atoms with Crippen molar-refractivity contribution in [2.75, 3.05) is 12.4 Å². The lowest BCUT2D eigenvalue weighted by Crippen LogP contribution is -2.30. The van der Waals surface area contributed by atoms with E-state index in [9.17, 15) is 13.2 Å². The van der Waals surface area contributed by atoms with E-state index in [0.29, 0.717) is 10.7 Å². The highest BCUT2D eigenvalue weighted by molar-refractivity contribution is 7.89. The van der Waals surface area contributed by atoms with E-state index in [4.69, 9.17) is 16.3 Å². The van der Waals surface area contributed by atoms with E-state index >= 15 is 0 Å². The SMILES string of the molecule is COc1ccc(C(=O)Nc2cccc(Cl)c2C)cc1S(=O)(=O)NC(C)C. The lowest BCUT2D eigenvalue weighted by molar-refractivity contribution is 0.102. The molecule has 0 bridgehead atoms. The molecule has 1 amide bonds. The predicted octanol–water partition coefficient (Wildman–Crippen LogP) is 3.60. The van der Waals surface area contributed by atoms with E-state index in [2.05, 4.69) is 10.0 Å². The zero-order valence-corrected chi connectivity index (χ0v) is 16.5. The molecule has 0 fully saturated rings. The number of carbonyl (C=O) groups is 1. The topological polar surface area (TPSA) is 84.5 Å². The molecule has 6 nitrogen and oxygen atoms in total. The normalized spacial score (nSPS) is 11.5. The van der Waals surface area contributed by atoms with E-state index in [1.54, 1.807) is 39.0 Å². The number of benzene rings is 2. The summed E-state index contributed by atoms with van der Waals surface area (Å²) >= 11 is 6.06. The van der Waals surface area contributed by atoms with Gasteiger partial charge in [0.05, 0.1) is 7.11 Å². The van der Waals surface area contributed by atoms with Gasteiger partial charge in [-0.2, -0.15) is 0 Å². The van der Waals surface area contributed by atoms with Gasteiger partial charge in [-0.05, 0) is 56.7 Å². The summed E-state index contributed by atoms with van der Waals surface area (Å²) in [5, 5.41) is 3.27. The Hall–Kier alpha value is -2.09. The monoisotopic (exact) mass is 396 g/mol. The number of rotatable bonds is 6. The Morgan fingerprint density at radius 2 is 1.88 bits per heavy atom. The number of carbonyl (C=O) groups excluding carboxylic acids is 1. The molecule has 2 rings (SSSR count). The number of halogens is 1. The van der Waals surface area contributed by atoms with Gasteiger partial charge in [-0.25, -0.2) is 13.1 Å². The quantitative estimate of drug-likeness (QED) is 0.781. The Labute approximate surface area is 158 Å². The molecule has 0 heterocycles. The summed E-state index contributed by atoms with van der Waals surface area (Å²) in [5.41, 5.74) is 1.47. The van der Waals surface area contributed by atoms with E-state index in [1.807, 2.05) is 0 Å². The van der Waals surface area contributed by atoms with Gasteiger partial charge in [0.2, 0.25) is 10.0 Å². The summed E-state index contributed by atoms with van der Waals surface area (Å²) in [5.74, 6) is -0.285. The lowest BCUT2D eigenvalue weighted by Gasteiger charge is -2.14. The zero-order chi connectivity index (χ0) is 19.5. The zero-order valence-electron chi connectivity index (χ0n) is 15.0. The molecule has 2 aromatic rings. The number of ether oxygens (including phenoxy) is 1. The molecule has 0 aromatic heterocycles. The van der Waals surface area contributed by atoms with Gasteiger partial charge in [0.25, 0.3) is 5.91 Å². The minimum Gasteiger partial charge on any atom is -0.495 e. The Morgan fingerprint density at radius 1 is 1.19 bits per heavy atom. The summed E-state index contributed by atoms with van der Waals surface area (Å²) in [7, 11) is -2.45. The van der Waals surface area contributed by atoms with Gasteiger partial charge >= 0.3 is 0 Å². The summed E-state index contributed by atoms with van der Waals surface area (Å²) in [4.78, 5) is 12.5. The molecule has 0 unspecified atom stereocenters. The number of anilines is 1. The fourth-order valence-corrected chi connectivity index (χ4v) is 3.96. The van der Waals surface area contributed by atoms with Gasteiger partial charge in [-0.15, -0.1) is 0 Å². The molecule has 2 aromatic carbocycles. The van der Waals surface area contributed by atoms with Crippen molar-refractivity contribution in [1.82, 2.24) is 4.72 Å². The molecule has 8 heteroatoms. The highest BCUT2D eigenvalue weighted by Crippen LogP contribution is 2.27.